The van der Waals surface area contributed by atoms with Crippen molar-refractivity contribution in [3.8, 4) is 0 Å². The van der Waals surface area contributed by atoms with Crippen LogP contribution < -0.4 is 0 Å². The predicted molar refractivity (Wildman–Crippen MR) is 49.2 cm³/mol. The van der Waals surface area contributed by atoms with E-state index in [0.717, 1.165) is 5.92 Å². The van der Waals surface area contributed by atoms with Gasteiger partial charge < -0.3 is 4.90 Å². The summed E-state index contributed by atoms with van der Waals surface area (Å²) in [5.41, 5.74) is 0. The molecular weight excluding hydrogens is 134 g/mol. The normalized spacial score (nSPS) is 24.0. The van der Waals surface area contributed by atoms with Crippen molar-refractivity contribution in [3.05, 3.63) is 7.05 Å². The highest BCUT2D eigenvalue weighted by Gasteiger charge is 2.20. The highest BCUT2D eigenvalue weighted by atomic mass is 15.1. The van der Waals surface area contributed by atoms with Crippen molar-refractivity contribution in [2.45, 2.75) is 45.1 Å². The van der Waals surface area contributed by atoms with Crippen molar-refractivity contribution in [1.29, 1.82) is 0 Å². The maximum atomic E-state index is 3.95. The van der Waals surface area contributed by atoms with E-state index in [0.29, 0.717) is 6.04 Å². The molecule has 0 aromatic carbocycles. The molecule has 1 nitrogen and oxygen atoms in total. The molecule has 1 saturated carbocycles. The van der Waals surface area contributed by atoms with Gasteiger partial charge in [0, 0.05) is 13.1 Å². The number of rotatable bonds is 2. The Hall–Kier alpha value is -0.0400. The second-order valence-electron chi connectivity index (χ2n) is 3.90. The first-order valence-corrected chi connectivity index (χ1v) is 4.75. The average Bonchev–Trinajstić information content (AvgIpc) is 2.05. The van der Waals surface area contributed by atoms with Crippen molar-refractivity contribution in [2.75, 3.05) is 7.05 Å². The molecule has 0 amide bonds. The first kappa shape index (κ1) is 9.05. The Balaban J connectivity index is 2.32. The Labute approximate surface area is 70.8 Å². The molecule has 0 N–H and O–H groups in total. The molecule has 1 radical (unpaired) electrons. The molecule has 65 valence electrons. The molecule has 1 aliphatic carbocycles. The van der Waals surface area contributed by atoms with Crippen LogP contribution in [0.3, 0.4) is 0 Å². The van der Waals surface area contributed by atoms with E-state index in [-0.39, 0.29) is 0 Å². The molecule has 11 heavy (non-hydrogen) atoms. The fourth-order valence-corrected chi connectivity index (χ4v) is 1.98. The van der Waals surface area contributed by atoms with Gasteiger partial charge in [-0.05, 0) is 32.7 Å². The van der Waals surface area contributed by atoms with Crippen LogP contribution in [0.1, 0.15) is 39.0 Å². The van der Waals surface area contributed by atoms with Gasteiger partial charge in [-0.25, -0.2) is 0 Å². The van der Waals surface area contributed by atoms with Crippen molar-refractivity contribution in [3.63, 3.8) is 0 Å². The van der Waals surface area contributed by atoms with Gasteiger partial charge in [0.1, 0.15) is 0 Å². The monoisotopic (exact) mass is 154 g/mol. The quantitative estimate of drug-likeness (QED) is 0.591. The number of nitrogens with zero attached hydrogens (tertiary/aromatic N) is 1. The van der Waals surface area contributed by atoms with Gasteiger partial charge in [-0.1, -0.05) is 19.3 Å². The van der Waals surface area contributed by atoms with Crippen LogP contribution in [0.25, 0.3) is 0 Å². The van der Waals surface area contributed by atoms with Crippen LogP contribution in [0.2, 0.25) is 0 Å². The topological polar surface area (TPSA) is 3.24 Å². The van der Waals surface area contributed by atoms with E-state index in [9.17, 15) is 0 Å². The third-order valence-electron chi connectivity index (χ3n) is 3.03. The first-order chi connectivity index (χ1) is 5.22. The highest BCUT2D eigenvalue weighted by molar-refractivity contribution is 4.76. The fourth-order valence-electron chi connectivity index (χ4n) is 1.98. The molecule has 1 fully saturated rings. The van der Waals surface area contributed by atoms with E-state index in [2.05, 4.69) is 25.9 Å². The van der Waals surface area contributed by atoms with Crippen molar-refractivity contribution < 1.29 is 0 Å². The molecule has 1 unspecified atom stereocenters. The standard InChI is InChI=1S/C10H20N/c1-9(11(2)3)10-7-5-4-6-8-10/h9-10H,2,4-8H2,1,3H3. The third-order valence-corrected chi connectivity index (χ3v) is 3.03. The second kappa shape index (κ2) is 4.10. The maximum absolute atomic E-state index is 3.95. The maximum Gasteiger partial charge on any atom is 0.0109 e. The van der Waals surface area contributed by atoms with E-state index in [1.807, 2.05) is 0 Å². The van der Waals surface area contributed by atoms with E-state index in [4.69, 9.17) is 0 Å². The molecular formula is C10H20N. The lowest BCUT2D eigenvalue weighted by Gasteiger charge is -2.31. The van der Waals surface area contributed by atoms with Gasteiger partial charge in [-0.2, -0.15) is 0 Å². The molecule has 1 aliphatic rings. The van der Waals surface area contributed by atoms with Gasteiger partial charge in [0.15, 0.2) is 0 Å². The molecule has 1 atom stereocenters. The van der Waals surface area contributed by atoms with Crippen LogP contribution in [0.4, 0.5) is 0 Å². The molecule has 0 saturated heterocycles. The second-order valence-corrected chi connectivity index (χ2v) is 3.90. The first-order valence-electron chi connectivity index (χ1n) is 4.75. The Bertz CT molecular complexity index is 103. The molecule has 0 heterocycles. The van der Waals surface area contributed by atoms with Gasteiger partial charge in [0.2, 0.25) is 0 Å². The fraction of sp³-hybridized carbons (Fsp3) is 0.900. The zero-order valence-electron chi connectivity index (χ0n) is 7.84. The minimum Gasteiger partial charge on any atom is -0.302 e. The zero-order valence-corrected chi connectivity index (χ0v) is 7.84. The van der Waals surface area contributed by atoms with Crippen molar-refractivity contribution in [1.82, 2.24) is 4.90 Å². The summed E-state index contributed by atoms with van der Waals surface area (Å²) in [5.74, 6) is 0.909. The summed E-state index contributed by atoms with van der Waals surface area (Å²) in [6.45, 7) is 2.29. The summed E-state index contributed by atoms with van der Waals surface area (Å²) in [6, 6.07) is 0.676. The van der Waals surface area contributed by atoms with Gasteiger partial charge in [0.05, 0.1) is 0 Å². The van der Waals surface area contributed by atoms with Gasteiger partial charge in [-0.15, -0.1) is 0 Å². The lowest BCUT2D eigenvalue weighted by Crippen LogP contribution is -2.32. The van der Waals surface area contributed by atoms with Crippen LogP contribution in [0, 0.1) is 13.0 Å². The summed E-state index contributed by atoms with van der Waals surface area (Å²) in [7, 11) is 6.03. The summed E-state index contributed by atoms with van der Waals surface area (Å²) >= 11 is 0. The van der Waals surface area contributed by atoms with Crippen LogP contribution in [0.5, 0.6) is 0 Å². The van der Waals surface area contributed by atoms with E-state index in [1.165, 1.54) is 32.1 Å². The van der Waals surface area contributed by atoms with Crippen molar-refractivity contribution >= 4 is 0 Å². The Kier molecular flexibility index (Phi) is 3.38. The molecule has 0 aromatic rings. The Morgan fingerprint density at radius 2 is 1.82 bits per heavy atom. The smallest absolute Gasteiger partial charge is 0.0109 e. The molecule has 0 spiro atoms. The van der Waals surface area contributed by atoms with Crippen LogP contribution >= 0.6 is 0 Å². The summed E-state index contributed by atoms with van der Waals surface area (Å²) < 4.78 is 0. The minimum atomic E-state index is 0.676. The van der Waals surface area contributed by atoms with Crippen molar-refractivity contribution in [2.24, 2.45) is 5.92 Å². The zero-order chi connectivity index (χ0) is 8.27. The highest BCUT2D eigenvalue weighted by Crippen LogP contribution is 2.27. The van der Waals surface area contributed by atoms with Crippen LogP contribution in [0.15, 0.2) is 0 Å². The number of hydrogen-bond donors (Lipinski definition) is 0. The average molecular weight is 154 g/mol. The lowest BCUT2D eigenvalue weighted by molar-refractivity contribution is 0.200. The van der Waals surface area contributed by atoms with E-state index in [1.54, 1.807) is 0 Å². The molecule has 0 aromatic heterocycles. The SMILES string of the molecule is [CH2]N(C)C(C)C1CCCCC1. The molecule has 0 bridgehead atoms. The molecule has 0 aliphatic heterocycles. The third kappa shape index (κ3) is 2.48. The largest absolute Gasteiger partial charge is 0.302 e. The summed E-state index contributed by atoms with van der Waals surface area (Å²) in [6.07, 6.45) is 7.15. The van der Waals surface area contributed by atoms with Crippen LogP contribution in [-0.2, 0) is 0 Å². The van der Waals surface area contributed by atoms with Gasteiger partial charge >= 0.3 is 0 Å². The molecule has 1 rings (SSSR count). The Morgan fingerprint density at radius 3 is 2.27 bits per heavy atom. The summed E-state index contributed by atoms with van der Waals surface area (Å²) in [4.78, 5) is 2.11. The van der Waals surface area contributed by atoms with Gasteiger partial charge in [-0.3, -0.25) is 0 Å². The molecule has 1 heteroatoms. The van der Waals surface area contributed by atoms with Crippen LogP contribution in [-0.4, -0.2) is 18.0 Å². The lowest BCUT2D eigenvalue weighted by atomic mass is 9.84. The minimum absolute atomic E-state index is 0.676. The predicted octanol–water partition coefficient (Wildman–Crippen LogP) is 2.68. The van der Waals surface area contributed by atoms with Gasteiger partial charge in [0.25, 0.3) is 0 Å². The van der Waals surface area contributed by atoms with E-state index >= 15 is 0 Å². The van der Waals surface area contributed by atoms with E-state index < -0.39 is 0 Å². The Morgan fingerprint density at radius 1 is 1.27 bits per heavy atom. The number of hydrogen-bond acceptors (Lipinski definition) is 1. The summed E-state index contributed by atoms with van der Waals surface area (Å²) in [5, 5.41) is 0.